The molecule has 5 heteroatoms. The molecule has 7 aliphatic rings. The van der Waals surface area contributed by atoms with Crippen LogP contribution in [-0.4, -0.2) is 54.1 Å². The van der Waals surface area contributed by atoms with Crippen LogP contribution in [0.15, 0.2) is 12.2 Å². The largest absolute Gasteiger partial charge is 0.393 e. The summed E-state index contributed by atoms with van der Waals surface area (Å²) < 4.78 is 5.49. The van der Waals surface area contributed by atoms with Gasteiger partial charge in [-0.3, -0.25) is 9.59 Å². The molecule has 0 spiro atoms. The van der Waals surface area contributed by atoms with Crippen LogP contribution in [0.5, 0.6) is 0 Å². The first kappa shape index (κ1) is 34.3. The number of ketones is 1. The van der Waals surface area contributed by atoms with Gasteiger partial charge in [-0.2, -0.15) is 0 Å². The normalized spacial score (nSPS) is 49.9. The first-order chi connectivity index (χ1) is 22.0. The second-order valence-electron chi connectivity index (χ2n) is 20.0. The van der Waals surface area contributed by atoms with E-state index in [0.717, 1.165) is 25.7 Å². The van der Waals surface area contributed by atoms with E-state index in [2.05, 4.69) is 62.0 Å². The highest BCUT2D eigenvalue weighted by atomic mass is 16.5. The van der Waals surface area contributed by atoms with Crippen LogP contribution in [-0.2, 0) is 14.3 Å². The minimum atomic E-state index is -0.182. The fourth-order valence-electron chi connectivity index (χ4n) is 14.7. The van der Waals surface area contributed by atoms with Crippen LogP contribution in [0.1, 0.15) is 126 Å². The number of carbonyl (C=O) groups excluding carboxylic acids is 2. The van der Waals surface area contributed by atoms with Gasteiger partial charge in [0.25, 0.3) is 0 Å². The lowest BCUT2D eigenvalue weighted by Gasteiger charge is -2.72. The van der Waals surface area contributed by atoms with Crippen LogP contribution in [0.3, 0.4) is 0 Å². The number of aliphatic hydroxyl groups is 1. The van der Waals surface area contributed by atoms with Crippen molar-refractivity contribution in [1.82, 2.24) is 4.90 Å². The molecule has 5 nitrogen and oxygen atoms in total. The minimum Gasteiger partial charge on any atom is -0.393 e. The van der Waals surface area contributed by atoms with Gasteiger partial charge < -0.3 is 14.7 Å². The van der Waals surface area contributed by atoms with Gasteiger partial charge in [0.05, 0.1) is 19.3 Å². The van der Waals surface area contributed by atoms with Crippen LogP contribution >= 0.6 is 0 Å². The van der Waals surface area contributed by atoms with E-state index >= 15 is 0 Å². The minimum absolute atomic E-state index is 0.0152. The Hall–Kier alpha value is -1.20. The van der Waals surface area contributed by atoms with Crippen molar-refractivity contribution < 1.29 is 19.4 Å². The van der Waals surface area contributed by atoms with E-state index in [9.17, 15) is 14.7 Å². The highest BCUT2D eigenvalue weighted by Crippen LogP contribution is 2.76. The summed E-state index contributed by atoms with van der Waals surface area (Å²) in [5.74, 6) is 4.67. The Bertz CT molecular complexity index is 1280. The van der Waals surface area contributed by atoms with Crippen molar-refractivity contribution in [2.75, 3.05) is 26.3 Å². The molecule has 264 valence electrons. The number of ether oxygens (including phenoxy) is 1. The summed E-state index contributed by atoms with van der Waals surface area (Å²) in [6.45, 7) is 26.6. The molecule has 0 aromatic rings. The van der Waals surface area contributed by atoms with Gasteiger partial charge in [0.15, 0.2) is 0 Å². The number of aliphatic hydroxyl groups excluding tert-OH is 1. The second kappa shape index (κ2) is 11.4. The van der Waals surface area contributed by atoms with Gasteiger partial charge in [-0.25, -0.2) is 0 Å². The summed E-state index contributed by atoms with van der Waals surface area (Å²) in [6, 6.07) is 0. The van der Waals surface area contributed by atoms with E-state index < -0.39 is 0 Å². The lowest BCUT2D eigenvalue weighted by Crippen LogP contribution is -2.66. The lowest BCUT2D eigenvalue weighted by atomic mass is 9.33. The van der Waals surface area contributed by atoms with Gasteiger partial charge in [0.2, 0.25) is 5.91 Å². The number of allylic oxidation sites excluding steroid dienone is 1. The van der Waals surface area contributed by atoms with E-state index in [-0.39, 0.29) is 40.1 Å². The summed E-state index contributed by atoms with van der Waals surface area (Å²) in [7, 11) is 0. The number of morpholine rings is 1. The second-order valence-corrected chi connectivity index (χ2v) is 20.0. The fourth-order valence-corrected chi connectivity index (χ4v) is 14.7. The average Bonchev–Trinajstić information content (AvgIpc) is 3.42. The fraction of sp³-hybridized carbons (Fsp3) is 0.905. The molecular formula is C42H67NO4. The number of hydrogen-bond donors (Lipinski definition) is 1. The lowest BCUT2D eigenvalue weighted by molar-refractivity contribution is -0.241. The Balaban J connectivity index is 1.09. The van der Waals surface area contributed by atoms with Gasteiger partial charge in [0, 0.05) is 31.3 Å². The van der Waals surface area contributed by atoms with Crippen LogP contribution in [0.25, 0.3) is 0 Å². The zero-order valence-corrected chi connectivity index (χ0v) is 31.2. The maximum absolute atomic E-state index is 14.4. The molecule has 7 rings (SSSR count). The SMILES string of the molecule is C=C(C)[C@@H]1C[C@@H](C(=O)C[C@@H]2C[C@H](C(=O)N3CCOCC3)C2(C)C)C2CC[C@]3(C)[C@H](CC[C@@H]4[C@@]5(C)CC[C@H](O)C(C)(C)[C@@H]5CC[C@]43C)[C@H]21. The molecule has 0 bridgehead atoms. The zero-order valence-electron chi connectivity index (χ0n) is 31.2. The molecule has 7 fully saturated rings. The quantitative estimate of drug-likeness (QED) is 0.304. The predicted octanol–water partition coefficient (Wildman–Crippen LogP) is 8.34. The summed E-state index contributed by atoms with van der Waals surface area (Å²) in [4.78, 5) is 29.8. The molecule has 0 aromatic heterocycles. The molecule has 0 aromatic carbocycles. The van der Waals surface area contributed by atoms with Crippen LogP contribution in [0.2, 0.25) is 0 Å². The smallest absolute Gasteiger partial charge is 0.226 e. The number of rotatable bonds is 5. The highest BCUT2D eigenvalue weighted by Gasteiger charge is 2.70. The zero-order chi connectivity index (χ0) is 33.9. The monoisotopic (exact) mass is 650 g/mol. The van der Waals surface area contributed by atoms with Gasteiger partial charge >= 0.3 is 0 Å². The molecule has 1 unspecified atom stereocenters. The molecule has 1 amide bonds. The van der Waals surface area contributed by atoms with Gasteiger partial charge in [-0.1, -0.05) is 60.6 Å². The maximum Gasteiger partial charge on any atom is 0.226 e. The summed E-state index contributed by atoms with van der Waals surface area (Å²) in [5, 5.41) is 11.1. The highest BCUT2D eigenvalue weighted by molar-refractivity contribution is 5.84. The van der Waals surface area contributed by atoms with Crippen molar-refractivity contribution in [3.05, 3.63) is 12.2 Å². The Kier molecular flexibility index (Phi) is 8.31. The van der Waals surface area contributed by atoms with Crippen LogP contribution in [0, 0.1) is 80.3 Å². The first-order valence-corrected chi connectivity index (χ1v) is 19.7. The van der Waals surface area contributed by atoms with Gasteiger partial charge in [-0.05, 0) is 140 Å². The van der Waals surface area contributed by atoms with Crippen molar-refractivity contribution in [2.24, 2.45) is 80.3 Å². The number of Topliss-reactive ketones (excluding diaryl/α,β-unsaturated/α-hetero) is 1. The molecule has 47 heavy (non-hydrogen) atoms. The first-order valence-electron chi connectivity index (χ1n) is 19.7. The summed E-state index contributed by atoms with van der Waals surface area (Å²) >= 11 is 0. The molecule has 0 radical (unpaired) electrons. The van der Waals surface area contributed by atoms with Crippen molar-refractivity contribution in [2.45, 2.75) is 132 Å². The van der Waals surface area contributed by atoms with E-state index in [1.54, 1.807) is 0 Å². The Labute approximate surface area is 286 Å². The Morgan fingerprint density at radius 2 is 1.49 bits per heavy atom. The predicted molar refractivity (Wildman–Crippen MR) is 187 cm³/mol. The molecular weight excluding hydrogens is 582 g/mol. The number of fused-ring (bicyclic) bond motifs is 7. The summed E-state index contributed by atoms with van der Waals surface area (Å²) in [5.41, 5.74) is 2.01. The van der Waals surface area contributed by atoms with E-state index in [1.165, 1.54) is 44.1 Å². The number of amides is 1. The van der Waals surface area contributed by atoms with E-state index in [0.29, 0.717) is 90.8 Å². The third-order valence-electron chi connectivity index (χ3n) is 17.9. The number of carbonyl (C=O) groups is 2. The van der Waals surface area contributed by atoms with Crippen LogP contribution < -0.4 is 0 Å². The topological polar surface area (TPSA) is 66.8 Å². The molecule has 6 aliphatic carbocycles. The van der Waals surface area contributed by atoms with Crippen LogP contribution in [0.4, 0.5) is 0 Å². The van der Waals surface area contributed by atoms with Crippen molar-refractivity contribution in [3.63, 3.8) is 0 Å². The maximum atomic E-state index is 14.4. The number of nitrogens with zero attached hydrogens (tertiary/aromatic N) is 1. The molecule has 1 saturated heterocycles. The average molecular weight is 650 g/mol. The molecule has 6 saturated carbocycles. The third-order valence-corrected chi connectivity index (χ3v) is 17.9. The van der Waals surface area contributed by atoms with E-state index in [1.807, 2.05) is 4.90 Å². The summed E-state index contributed by atoms with van der Waals surface area (Å²) in [6.07, 6.45) is 11.9. The molecule has 1 aliphatic heterocycles. The standard InChI is InChI=1S/C42H67NO4/c1-25(2)28-24-29(32(44)23-26-22-31(38(26,3)4)37(46)43-18-20-47-21-19-43)27-12-16-41(8)30(36(27)28)10-11-34-40(7)15-14-35(45)39(5,6)33(40)13-17-42(34,41)9/h26-31,33-36,45H,1,10-24H2,2-9H3/t26-,27?,28-,29+,30+,31+,33-,34+,35-,36+,40-,41+,42+/m0/s1. The molecule has 1 N–H and O–H groups in total. The Morgan fingerprint density at radius 1 is 0.809 bits per heavy atom. The van der Waals surface area contributed by atoms with Crippen molar-refractivity contribution >= 4 is 11.7 Å². The van der Waals surface area contributed by atoms with Gasteiger partial charge in [-0.15, -0.1) is 0 Å². The van der Waals surface area contributed by atoms with Crippen molar-refractivity contribution in [1.29, 1.82) is 0 Å². The van der Waals surface area contributed by atoms with Gasteiger partial charge in [0.1, 0.15) is 5.78 Å². The molecule has 13 atom stereocenters. The Morgan fingerprint density at radius 3 is 2.15 bits per heavy atom. The number of hydrogen-bond acceptors (Lipinski definition) is 4. The van der Waals surface area contributed by atoms with Crippen molar-refractivity contribution in [3.8, 4) is 0 Å². The third kappa shape index (κ3) is 4.80. The van der Waals surface area contributed by atoms with E-state index in [4.69, 9.17) is 4.74 Å². The molecule has 1 heterocycles.